The Morgan fingerprint density at radius 1 is 0.519 bits per heavy atom. The summed E-state index contributed by atoms with van der Waals surface area (Å²) in [4.78, 5) is 2.69. The summed E-state index contributed by atoms with van der Waals surface area (Å²) >= 11 is 0. The first-order valence-corrected chi connectivity index (χ1v) is 30.1. The van der Waals surface area contributed by atoms with Crippen LogP contribution in [0.15, 0.2) is 95.7 Å². The monoisotopic (exact) mass is 1030 g/mol. The topological polar surface area (TPSA) is 15.3 Å². The summed E-state index contributed by atoms with van der Waals surface area (Å²) in [6.07, 6.45) is 14.2. The molecule has 4 aliphatic rings. The van der Waals surface area contributed by atoms with Crippen LogP contribution in [-0.4, -0.2) is 7.28 Å². The van der Waals surface area contributed by atoms with E-state index in [2.05, 4.69) is 249 Å². The summed E-state index contributed by atoms with van der Waals surface area (Å²) in [5, 5.41) is 4.17. The van der Waals surface area contributed by atoms with Gasteiger partial charge in [-0.25, -0.2) is 0 Å². The molecule has 9 rings (SSSR count). The predicted octanol–water partition coefficient (Wildman–Crippen LogP) is 20.4. The quantitative estimate of drug-likeness (QED) is 0.133. The first kappa shape index (κ1) is 56.9. The Balaban J connectivity index is 1.28. The van der Waals surface area contributed by atoms with E-state index in [0.29, 0.717) is 5.41 Å². The number of rotatable bonds is 11. The number of benzene rings is 5. The number of nitrogens with one attached hydrogen (secondary N) is 1. The molecule has 77 heavy (non-hydrogen) atoms. The lowest BCUT2D eigenvalue weighted by molar-refractivity contribution is 0.283. The second-order valence-corrected chi connectivity index (χ2v) is 31.5. The van der Waals surface area contributed by atoms with Gasteiger partial charge < -0.3 is 10.2 Å². The fourth-order valence-corrected chi connectivity index (χ4v) is 14.1. The molecule has 0 saturated heterocycles. The van der Waals surface area contributed by atoms with Gasteiger partial charge in [-0.2, -0.15) is 0 Å². The minimum Gasteiger partial charge on any atom is -0.355 e. The summed E-state index contributed by atoms with van der Waals surface area (Å²) in [7, 11) is 2.57. The van der Waals surface area contributed by atoms with Gasteiger partial charge in [0.2, 0.25) is 0 Å². The fraction of sp³-hybridized carbons (Fsp3) is 0.541. The maximum atomic E-state index is 4.17. The van der Waals surface area contributed by atoms with Gasteiger partial charge in [0.15, 0.2) is 7.28 Å². The van der Waals surface area contributed by atoms with Crippen LogP contribution in [0, 0.1) is 37.0 Å². The van der Waals surface area contributed by atoms with Gasteiger partial charge >= 0.3 is 0 Å². The van der Waals surface area contributed by atoms with E-state index in [1.54, 1.807) is 5.57 Å². The lowest BCUT2D eigenvalue weighted by Gasteiger charge is -2.42. The lowest BCUT2D eigenvalue weighted by atomic mass is 9.57. The number of hydrogen-bond acceptors (Lipinski definition) is 2. The van der Waals surface area contributed by atoms with Gasteiger partial charge in [-0.05, 0) is 244 Å². The number of aryl methyl sites for hydroxylation is 2. The van der Waals surface area contributed by atoms with Crippen LogP contribution >= 0.6 is 0 Å². The molecule has 3 heteroatoms. The first-order valence-electron chi connectivity index (χ1n) is 30.1. The normalized spacial score (nSPS) is 18.7. The number of nitrogens with zero attached hydrogens (tertiary/aromatic N) is 1. The van der Waals surface area contributed by atoms with E-state index in [0.717, 1.165) is 30.6 Å². The molecule has 0 bridgehead atoms. The van der Waals surface area contributed by atoms with Gasteiger partial charge in [-0.1, -0.05) is 178 Å². The van der Waals surface area contributed by atoms with E-state index in [9.17, 15) is 0 Å². The standard InChI is InChI=1S/C74H100BN2/c1-46-39-55(66-64(40-46)77(52-25-28-56(48(3)41-52)70(13,14)34-32-68(8,9)10)63-30-23-50(43-61(63)75-66)69(11,12)33-31-67(5,6)7)65-49(4)53(54-45-60-58(42-47(54)2)72(17,18)37-38-74(60,21)22)26-29-62(65)76-51-24-27-57-59(44-51)73(19,20)36-35-71(57,15)16/h23-24,26-27,29-30,39-45,76H,25,28,31-38H2,1-22H3. The minimum atomic E-state index is 0.0194. The van der Waals surface area contributed by atoms with Crippen molar-refractivity contribution in [1.29, 1.82) is 0 Å². The van der Waals surface area contributed by atoms with Crippen molar-refractivity contribution in [2.45, 2.75) is 244 Å². The van der Waals surface area contributed by atoms with E-state index < -0.39 is 0 Å². The third-order valence-corrected chi connectivity index (χ3v) is 19.8. The smallest absolute Gasteiger partial charge is 0.197 e. The summed E-state index contributed by atoms with van der Waals surface area (Å²) < 4.78 is 0. The van der Waals surface area contributed by atoms with Crippen LogP contribution in [-0.2, 0) is 27.1 Å². The van der Waals surface area contributed by atoms with Crippen LogP contribution in [0.25, 0.3) is 22.3 Å². The third kappa shape index (κ3) is 11.1. The molecule has 3 aliphatic carbocycles. The molecule has 2 nitrogen and oxygen atoms in total. The summed E-state index contributed by atoms with van der Waals surface area (Å²) in [5.74, 6) is 0. The van der Waals surface area contributed by atoms with Crippen LogP contribution in [0.2, 0.25) is 0 Å². The molecule has 0 saturated carbocycles. The molecule has 0 spiro atoms. The summed E-state index contributed by atoms with van der Waals surface area (Å²) in [6.45, 7) is 53.3. The van der Waals surface area contributed by atoms with Crippen LogP contribution < -0.4 is 21.1 Å². The number of hydrogen-bond donors (Lipinski definition) is 1. The van der Waals surface area contributed by atoms with Crippen LogP contribution in [0.5, 0.6) is 0 Å². The highest BCUT2D eigenvalue weighted by Crippen LogP contribution is 2.52. The zero-order chi connectivity index (χ0) is 56.4. The largest absolute Gasteiger partial charge is 0.355 e. The molecule has 5 aromatic carbocycles. The molecule has 5 aromatic rings. The fourth-order valence-electron chi connectivity index (χ4n) is 14.1. The van der Waals surface area contributed by atoms with Gasteiger partial charge in [0.1, 0.15) is 0 Å². The maximum absolute atomic E-state index is 4.17. The average Bonchev–Trinajstić information content (AvgIpc) is 3.32. The van der Waals surface area contributed by atoms with Crippen molar-refractivity contribution in [3.05, 3.63) is 140 Å². The van der Waals surface area contributed by atoms with Crippen molar-refractivity contribution < 1.29 is 0 Å². The van der Waals surface area contributed by atoms with E-state index in [1.807, 2.05) is 0 Å². The summed E-state index contributed by atoms with van der Waals surface area (Å²) in [6, 6.07) is 29.8. The van der Waals surface area contributed by atoms with Gasteiger partial charge in [0, 0.05) is 34.0 Å². The molecule has 1 aliphatic heterocycles. The molecule has 1 radical (unpaired) electrons. The molecule has 1 heterocycles. The number of fused-ring (bicyclic) bond motifs is 4. The molecule has 0 atom stereocenters. The molecule has 0 amide bonds. The first-order chi connectivity index (χ1) is 35.5. The van der Waals surface area contributed by atoms with Crippen molar-refractivity contribution in [1.82, 2.24) is 0 Å². The van der Waals surface area contributed by atoms with Gasteiger partial charge in [-0.15, -0.1) is 0 Å². The highest BCUT2D eigenvalue weighted by molar-refractivity contribution is 6.73. The molecule has 1 N–H and O–H groups in total. The second-order valence-electron chi connectivity index (χ2n) is 31.5. The Hall–Kier alpha value is -4.76. The molecule has 0 fully saturated rings. The van der Waals surface area contributed by atoms with Gasteiger partial charge in [0.25, 0.3) is 0 Å². The number of anilines is 4. The van der Waals surface area contributed by atoms with Crippen molar-refractivity contribution in [3.8, 4) is 22.3 Å². The van der Waals surface area contributed by atoms with Crippen molar-refractivity contribution in [2.75, 3.05) is 10.2 Å². The zero-order valence-electron chi connectivity index (χ0n) is 52.6. The Bertz CT molecular complexity index is 3200. The Morgan fingerprint density at radius 2 is 1.09 bits per heavy atom. The average molecular weight is 1030 g/mol. The minimum absolute atomic E-state index is 0.0194. The predicted molar refractivity (Wildman–Crippen MR) is 340 cm³/mol. The van der Waals surface area contributed by atoms with Gasteiger partial charge in [0.05, 0.1) is 0 Å². The second kappa shape index (κ2) is 19.5. The van der Waals surface area contributed by atoms with E-state index in [-0.39, 0.29) is 37.9 Å². The van der Waals surface area contributed by atoms with Gasteiger partial charge in [-0.3, -0.25) is 0 Å². The van der Waals surface area contributed by atoms with Crippen molar-refractivity contribution >= 4 is 41.0 Å². The van der Waals surface area contributed by atoms with E-state index in [1.165, 1.54) is 145 Å². The lowest BCUT2D eigenvalue weighted by Crippen LogP contribution is -2.43. The highest BCUT2D eigenvalue weighted by Gasteiger charge is 2.40. The van der Waals surface area contributed by atoms with E-state index >= 15 is 0 Å². The molecular formula is C74H100BN2. The molecule has 0 aromatic heterocycles. The van der Waals surface area contributed by atoms with Crippen molar-refractivity contribution in [2.24, 2.45) is 16.2 Å². The maximum Gasteiger partial charge on any atom is 0.197 e. The zero-order valence-corrected chi connectivity index (χ0v) is 52.6. The Morgan fingerprint density at radius 3 is 1.69 bits per heavy atom. The third-order valence-electron chi connectivity index (χ3n) is 19.8. The Kier molecular flexibility index (Phi) is 14.4. The van der Waals surface area contributed by atoms with Crippen molar-refractivity contribution in [3.63, 3.8) is 0 Å². The molecule has 409 valence electrons. The van der Waals surface area contributed by atoms with Crippen LogP contribution in [0.4, 0.5) is 22.7 Å². The van der Waals surface area contributed by atoms with Crippen LogP contribution in [0.1, 0.15) is 240 Å². The Labute approximate surface area is 471 Å². The number of allylic oxidation sites excluding steroid dienone is 4. The SMILES string of the molecule is CC1=C(C(C)(C)CCC(C)(C)C)CCC(N2c3ccc(C(C)(C)CCC(C)(C)C)cc3[B]c3c(-c4c(Nc5ccc6c(c5)C(C)(C)CCC6(C)C)ccc(-c5cc6c(cc5C)C(C)(C)CCC6(C)C)c4C)cc(C)cc32)=C1. The van der Waals surface area contributed by atoms with E-state index in [4.69, 9.17) is 0 Å². The van der Waals surface area contributed by atoms with Crippen LogP contribution in [0.3, 0.4) is 0 Å². The highest BCUT2D eigenvalue weighted by atomic mass is 15.2. The summed E-state index contributed by atoms with van der Waals surface area (Å²) in [5.41, 5.74) is 29.8. The molecular weight excluding hydrogens is 928 g/mol. The molecule has 0 unspecified atom stereocenters.